The van der Waals surface area contributed by atoms with Crippen molar-refractivity contribution in [3.8, 4) is 0 Å². The molecular formula is C23H29N5O. The molecule has 0 saturated carbocycles. The normalized spacial score (nSPS) is 15.0. The van der Waals surface area contributed by atoms with Crippen molar-refractivity contribution in [2.24, 2.45) is 7.05 Å². The Morgan fingerprint density at radius 3 is 2.72 bits per heavy atom. The molecule has 29 heavy (non-hydrogen) atoms. The van der Waals surface area contributed by atoms with Gasteiger partial charge < -0.3 is 20.1 Å². The number of para-hydroxylation sites is 2. The van der Waals surface area contributed by atoms with Crippen LogP contribution in [0, 0.1) is 0 Å². The van der Waals surface area contributed by atoms with Crippen LogP contribution < -0.4 is 15.5 Å². The van der Waals surface area contributed by atoms with E-state index in [9.17, 15) is 4.79 Å². The molecular weight excluding hydrogens is 362 g/mol. The van der Waals surface area contributed by atoms with Crippen LogP contribution in [-0.4, -0.2) is 34.6 Å². The van der Waals surface area contributed by atoms with E-state index >= 15 is 0 Å². The Bertz CT molecular complexity index is 990. The summed E-state index contributed by atoms with van der Waals surface area (Å²) in [7, 11) is 2.02. The predicted octanol–water partition coefficient (Wildman–Crippen LogP) is 3.68. The van der Waals surface area contributed by atoms with Crippen LogP contribution in [0.5, 0.6) is 0 Å². The van der Waals surface area contributed by atoms with Crippen LogP contribution in [-0.2, 0) is 18.4 Å². The Balaban J connectivity index is 1.30. The number of nitrogens with one attached hydrogen (secondary N) is 2. The number of aryl methyl sites for hydroxylation is 1. The van der Waals surface area contributed by atoms with E-state index in [2.05, 4.69) is 43.3 Å². The summed E-state index contributed by atoms with van der Waals surface area (Å²) >= 11 is 0. The van der Waals surface area contributed by atoms with Crippen molar-refractivity contribution in [3.05, 3.63) is 54.4 Å². The molecule has 1 atom stereocenters. The lowest BCUT2D eigenvalue weighted by molar-refractivity contribution is -0.116. The highest BCUT2D eigenvalue weighted by Gasteiger charge is 2.14. The molecule has 1 aliphatic rings. The third-order valence-electron chi connectivity index (χ3n) is 5.58. The Morgan fingerprint density at radius 1 is 1.14 bits per heavy atom. The lowest BCUT2D eigenvalue weighted by atomic mass is 10.2. The summed E-state index contributed by atoms with van der Waals surface area (Å²) < 4.78 is 2.10. The van der Waals surface area contributed by atoms with Crippen LogP contribution >= 0.6 is 0 Å². The number of benzene rings is 2. The third kappa shape index (κ3) is 4.59. The lowest BCUT2D eigenvalue weighted by Crippen LogP contribution is -2.31. The van der Waals surface area contributed by atoms with Crippen LogP contribution in [0.2, 0.25) is 0 Å². The van der Waals surface area contributed by atoms with Gasteiger partial charge in [-0.3, -0.25) is 4.79 Å². The Labute approximate surface area is 171 Å². The number of fused-ring (bicyclic) bond motifs is 1. The average molecular weight is 392 g/mol. The molecule has 0 aliphatic carbocycles. The van der Waals surface area contributed by atoms with Crippen LogP contribution in [0.15, 0.2) is 48.5 Å². The number of rotatable bonds is 7. The highest BCUT2D eigenvalue weighted by Crippen LogP contribution is 2.23. The molecule has 2 aromatic carbocycles. The largest absolute Gasteiger partial charge is 0.371 e. The molecule has 6 heteroatoms. The first-order chi connectivity index (χ1) is 14.1. The van der Waals surface area contributed by atoms with Gasteiger partial charge in [-0.1, -0.05) is 18.2 Å². The minimum Gasteiger partial charge on any atom is -0.371 e. The highest BCUT2D eigenvalue weighted by molar-refractivity contribution is 5.91. The highest BCUT2D eigenvalue weighted by atomic mass is 16.1. The Kier molecular flexibility index (Phi) is 5.81. The van der Waals surface area contributed by atoms with E-state index in [4.69, 9.17) is 0 Å². The van der Waals surface area contributed by atoms with E-state index in [1.54, 1.807) is 0 Å². The van der Waals surface area contributed by atoms with Crippen molar-refractivity contribution in [1.29, 1.82) is 0 Å². The fraction of sp³-hybridized carbons (Fsp3) is 0.391. The number of aromatic nitrogens is 2. The molecule has 0 bridgehead atoms. The topological polar surface area (TPSA) is 62.2 Å². The Hall–Kier alpha value is -2.86. The molecule has 2 heterocycles. The maximum absolute atomic E-state index is 12.5. The maximum Gasteiger partial charge on any atom is 0.225 e. The molecule has 152 valence electrons. The summed E-state index contributed by atoms with van der Waals surface area (Å²) in [5.74, 6) is 0.991. The van der Waals surface area contributed by atoms with Crippen molar-refractivity contribution in [3.63, 3.8) is 0 Å². The minimum absolute atomic E-state index is 0.0218. The predicted molar refractivity (Wildman–Crippen MR) is 118 cm³/mol. The van der Waals surface area contributed by atoms with Gasteiger partial charge in [0.05, 0.1) is 17.6 Å². The monoisotopic (exact) mass is 391 g/mol. The molecule has 0 radical (unpaired) electrons. The van der Waals surface area contributed by atoms with E-state index in [0.717, 1.165) is 35.6 Å². The number of amides is 1. The molecule has 1 unspecified atom stereocenters. The zero-order chi connectivity index (χ0) is 20.2. The SMILES string of the molecule is CC(CC(=O)Nc1cccc(N2CCCC2)c1)NCc1nc2ccccc2n1C. The smallest absolute Gasteiger partial charge is 0.225 e. The zero-order valence-electron chi connectivity index (χ0n) is 17.2. The number of hydrogen-bond acceptors (Lipinski definition) is 4. The minimum atomic E-state index is 0.0218. The number of carbonyl (C=O) groups is 1. The molecule has 1 amide bonds. The molecule has 1 saturated heterocycles. The third-order valence-corrected chi connectivity index (χ3v) is 5.58. The fourth-order valence-electron chi connectivity index (χ4n) is 3.94. The summed E-state index contributed by atoms with van der Waals surface area (Å²) in [6.45, 7) is 4.86. The van der Waals surface area contributed by atoms with Crippen LogP contribution in [0.25, 0.3) is 11.0 Å². The van der Waals surface area contributed by atoms with Crippen LogP contribution in [0.3, 0.4) is 0 Å². The average Bonchev–Trinajstić information content (AvgIpc) is 3.35. The summed E-state index contributed by atoms with van der Waals surface area (Å²) in [5, 5.41) is 6.46. The van der Waals surface area contributed by atoms with E-state index < -0.39 is 0 Å². The van der Waals surface area contributed by atoms with Gasteiger partial charge in [0.25, 0.3) is 0 Å². The van der Waals surface area contributed by atoms with Crippen LogP contribution in [0.4, 0.5) is 11.4 Å². The molecule has 6 nitrogen and oxygen atoms in total. The molecule has 1 fully saturated rings. The Morgan fingerprint density at radius 2 is 1.93 bits per heavy atom. The van der Waals surface area contributed by atoms with E-state index in [1.807, 2.05) is 44.3 Å². The first kappa shape index (κ1) is 19.5. The molecule has 3 aromatic rings. The number of nitrogens with zero attached hydrogens (tertiary/aromatic N) is 3. The van der Waals surface area contributed by atoms with Gasteiger partial charge in [-0.2, -0.15) is 0 Å². The number of carbonyl (C=O) groups excluding carboxylic acids is 1. The lowest BCUT2D eigenvalue weighted by Gasteiger charge is -2.19. The summed E-state index contributed by atoms with van der Waals surface area (Å²) in [5.41, 5.74) is 4.16. The molecule has 1 aromatic heterocycles. The van der Waals surface area contributed by atoms with Gasteiger partial charge in [0.15, 0.2) is 0 Å². The summed E-state index contributed by atoms with van der Waals surface area (Å²) in [6, 6.07) is 16.3. The van der Waals surface area contributed by atoms with E-state index in [-0.39, 0.29) is 11.9 Å². The molecule has 0 spiro atoms. The maximum atomic E-state index is 12.5. The van der Waals surface area contributed by atoms with Crippen molar-refractivity contribution in [2.45, 2.75) is 38.8 Å². The first-order valence-electron chi connectivity index (χ1n) is 10.4. The molecule has 2 N–H and O–H groups in total. The second-order valence-corrected chi connectivity index (χ2v) is 7.85. The first-order valence-corrected chi connectivity index (χ1v) is 10.4. The van der Waals surface area contributed by atoms with Crippen molar-refractivity contribution < 1.29 is 4.79 Å². The molecule has 4 rings (SSSR count). The van der Waals surface area contributed by atoms with E-state index in [1.165, 1.54) is 18.5 Å². The quantitative estimate of drug-likeness (QED) is 0.645. The number of hydrogen-bond donors (Lipinski definition) is 2. The second-order valence-electron chi connectivity index (χ2n) is 7.85. The molecule has 1 aliphatic heterocycles. The summed E-state index contributed by atoms with van der Waals surface area (Å²) in [4.78, 5) is 19.5. The van der Waals surface area contributed by atoms with Crippen molar-refractivity contribution in [2.75, 3.05) is 23.3 Å². The van der Waals surface area contributed by atoms with Gasteiger partial charge >= 0.3 is 0 Å². The number of anilines is 2. The standard InChI is InChI=1S/C23H29N5O/c1-17(24-16-22-26-20-10-3-4-11-21(20)27(22)2)14-23(29)25-18-8-7-9-19(15-18)28-12-5-6-13-28/h3-4,7-11,15,17,24H,5-6,12-14,16H2,1-2H3,(H,25,29). The zero-order valence-corrected chi connectivity index (χ0v) is 17.2. The second kappa shape index (κ2) is 8.66. The van der Waals surface area contributed by atoms with Gasteiger partial charge in [0, 0.05) is 44.0 Å². The van der Waals surface area contributed by atoms with Crippen molar-refractivity contribution in [1.82, 2.24) is 14.9 Å². The summed E-state index contributed by atoms with van der Waals surface area (Å²) in [6.07, 6.45) is 2.90. The van der Waals surface area contributed by atoms with Gasteiger partial charge in [0.1, 0.15) is 5.82 Å². The van der Waals surface area contributed by atoms with E-state index in [0.29, 0.717) is 13.0 Å². The van der Waals surface area contributed by atoms with Gasteiger partial charge in [-0.05, 0) is 50.1 Å². The van der Waals surface area contributed by atoms with Gasteiger partial charge in [0.2, 0.25) is 5.91 Å². The van der Waals surface area contributed by atoms with Gasteiger partial charge in [-0.25, -0.2) is 4.98 Å². The van der Waals surface area contributed by atoms with Crippen molar-refractivity contribution >= 4 is 28.3 Å². The van der Waals surface area contributed by atoms with Crippen LogP contribution in [0.1, 0.15) is 32.0 Å². The number of imidazole rings is 1. The van der Waals surface area contributed by atoms with Gasteiger partial charge in [-0.15, -0.1) is 0 Å². The fourth-order valence-corrected chi connectivity index (χ4v) is 3.94.